The molecule has 104 valence electrons. The van der Waals surface area contributed by atoms with Crippen LogP contribution < -0.4 is 9.47 Å². The zero-order valence-electron chi connectivity index (χ0n) is 11.7. The maximum atomic E-state index is 5.99. The fourth-order valence-electron chi connectivity index (χ4n) is 2.59. The lowest BCUT2D eigenvalue weighted by Crippen LogP contribution is -2.22. The third-order valence-electron chi connectivity index (χ3n) is 3.39. The van der Waals surface area contributed by atoms with Gasteiger partial charge >= 0.3 is 0 Å². The van der Waals surface area contributed by atoms with Crippen molar-refractivity contribution in [3.63, 3.8) is 0 Å². The molecule has 1 aliphatic heterocycles. The van der Waals surface area contributed by atoms with Crippen molar-refractivity contribution >= 4 is 11.6 Å². The summed E-state index contributed by atoms with van der Waals surface area (Å²) in [6.07, 6.45) is 0.907. The second-order valence-electron chi connectivity index (χ2n) is 5.33. The number of fused-ring (bicyclic) bond motifs is 1. The minimum atomic E-state index is 0.0595. The molecule has 20 heavy (non-hydrogen) atoms. The Morgan fingerprint density at radius 1 is 1.15 bits per heavy atom. The van der Waals surface area contributed by atoms with E-state index in [-0.39, 0.29) is 6.10 Å². The first-order valence-electron chi connectivity index (χ1n) is 6.76. The van der Waals surface area contributed by atoms with Gasteiger partial charge in [0.25, 0.3) is 0 Å². The lowest BCUT2D eigenvalue weighted by atomic mass is 10.1. The van der Waals surface area contributed by atoms with E-state index in [1.807, 2.05) is 30.3 Å². The van der Waals surface area contributed by atoms with Gasteiger partial charge in [0.15, 0.2) is 0 Å². The summed E-state index contributed by atoms with van der Waals surface area (Å²) in [5.74, 6) is 1.82. The molecule has 0 radical (unpaired) electrons. The van der Waals surface area contributed by atoms with Crippen molar-refractivity contribution in [1.82, 2.24) is 0 Å². The van der Waals surface area contributed by atoms with Gasteiger partial charge in [0.2, 0.25) is 0 Å². The van der Waals surface area contributed by atoms with Gasteiger partial charge in [0.05, 0.1) is 0 Å². The van der Waals surface area contributed by atoms with Gasteiger partial charge in [-0.1, -0.05) is 17.7 Å². The Hall–Kier alpha value is -1.67. The molecule has 2 aromatic rings. The Kier molecular flexibility index (Phi) is 3.58. The molecule has 0 saturated heterocycles. The van der Waals surface area contributed by atoms with Crippen LogP contribution in [0.2, 0.25) is 5.02 Å². The maximum Gasteiger partial charge on any atom is 0.137 e. The molecule has 2 nitrogen and oxygen atoms in total. The van der Waals surface area contributed by atoms with Crippen LogP contribution in [-0.4, -0.2) is 12.7 Å². The van der Waals surface area contributed by atoms with Crippen molar-refractivity contribution in [2.45, 2.75) is 26.4 Å². The Bertz CT molecular complexity index is 617. The van der Waals surface area contributed by atoms with Gasteiger partial charge < -0.3 is 9.47 Å². The van der Waals surface area contributed by atoms with Crippen molar-refractivity contribution in [3.05, 3.63) is 58.1 Å². The molecule has 3 rings (SSSR count). The van der Waals surface area contributed by atoms with Crippen molar-refractivity contribution in [1.29, 1.82) is 0 Å². The molecule has 0 amide bonds. The highest BCUT2D eigenvalue weighted by atomic mass is 35.5. The fourth-order valence-corrected chi connectivity index (χ4v) is 2.78. The summed E-state index contributed by atoms with van der Waals surface area (Å²) in [4.78, 5) is 0. The number of halogens is 1. The molecule has 0 aliphatic carbocycles. The molecule has 1 atom stereocenters. The van der Waals surface area contributed by atoms with E-state index in [1.165, 1.54) is 11.1 Å². The zero-order valence-corrected chi connectivity index (χ0v) is 12.4. The average molecular weight is 289 g/mol. The van der Waals surface area contributed by atoms with Gasteiger partial charge in [-0.05, 0) is 60.9 Å². The van der Waals surface area contributed by atoms with Crippen LogP contribution in [-0.2, 0) is 6.42 Å². The summed E-state index contributed by atoms with van der Waals surface area (Å²) in [5.41, 5.74) is 3.58. The van der Waals surface area contributed by atoms with Gasteiger partial charge in [-0.15, -0.1) is 0 Å². The maximum absolute atomic E-state index is 5.99. The van der Waals surface area contributed by atoms with Gasteiger partial charge in [-0.3, -0.25) is 0 Å². The number of rotatable bonds is 3. The third kappa shape index (κ3) is 2.91. The molecule has 0 N–H and O–H groups in total. The molecule has 0 bridgehead atoms. The number of hydrogen-bond donors (Lipinski definition) is 0. The summed E-state index contributed by atoms with van der Waals surface area (Å²) in [6, 6.07) is 12.0. The van der Waals surface area contributed by atoms with E-state index in [4.69, 9.17) is 21.1 Å². The van der Waals surface area contributed by atoms with E-state index in [1.54, 1.807) is 0 Å². The fraction of sp³-hybridized carbons (Fsp3) is 0.294. The molecule has 2 aromatic carbocycles. The molecule has 1 aliphatic rings. The van der Waals surface area contributed by atoms with E-state index >= 15 is 0 Å². The van der Waals surface area contributed by atoms with Crippen LogP contribution in [0.1, 0.15) is 16.7 Å². The predicted octanol–water partition coefficient (Wildman–Crippen LogP) is 4.34. The highest BCUT2D eigenvalue weighted by Crippen LogP contribution is 2.31. The average Bonchev–Trinajstić information content (AvgIpc) is 2.77. The molecule has 0 saturated carbocycles. The van der Waals surface area contributed by atoms with Crippen LogP contribution >= 0.6 is 11.6 Å². The second kappa shape index (κ2) is 5.37. The largest absolute Gasteiger partial charge is 0.490 e. The van der Waals surface area contributed by atoms with Gasteiger partial charge in [0.1, 0.15) is 24.2 Å². The normalized spacial score (nSPS) is 16.6. The van der Waals surface area contributed by atoms with Crippen LogP contribution in [0.5, 0.6) is 11.5 Å². The number of ether oxygens (including phenoxy) is 2. The summed E-state index contributed by atoms with van der Waals surface area (Å²) < 4.78 is 11.7. The first-order chi connectivity index (χ1) is 9.60. The Morgan fingerprint density at radius 3 is 2.65 bits per heavy atom. The molecule has 0 aromatic heterocycles. The molecule has 0 fully saturated rings. The van der Waals surface area contributed by atoms with Crippen molar-refractivity contribution < 1.29 is 9.47 Å². The number of aryl methyl sites for hydroxylation is 2. The Balaban J connectivity index is 1.63. The van der Waals surface area contributed by atoms with E-state index in [9.17, 15) is 0 Å². The quantitative estimate of drug-likeness (QED) is 0.836. The molecule has 0 unspecified atom stereocenters. The third-order valence-corrected chi connectivity index (χ3v) is 3.63. The summed E-state index contributed by atoms with van der Waals surface area (Å²) in [7, 11) is 0. The van der Waals surface area contributed by atoms with Crippen molar-refractivity contribution in [2.75, 3.05) is 6.61 Å². The molecular weight excluding hydrogens is 272 g/mol. The smallest absolute Gasteiger partial charge is 0.137 e. The van der Waals surface area contributed by atoms with Crippen LogP contribution in [0.25, 0.3) is 0 Å². The minimum Gasteiger partial charge on any atom is -0.490 e. The minimum absolute atomic E-state index is 0.0595. The highest BCUT2D eigenvalue weighted by Gasteiger charge is 2.23. The standard InChI is InChI=1S/C17H17ClO2/c1-11-5-12(2)7-15(6-11)19-10-16-9-13-8-14(18)3-4-17(13)20-16/h3-8,16H,9-10H2,1-2H3/t16-/m0/s1. The first kappa shape index (κ1) is 13.3. The van der Waals surface area contributed by atoms with Crippen molar-refractivity contribution in [2.24, 2.45) is 0 Å². The van der Waals surface area contributed by atoms with Crippen LogP contribution in [0, 0.1) is 13.8 Å². The summed E-state index contributed by atoms with van der Waals surface area (Å²) in [5, 5.41) is 0.753. The van der Waals surface area contributed by atoms with E-state index in [0.29, 0.717) is 6.61 Å². The zero-order chi connectivity index (χ0) is 14.1. The summed E-state index contributed by atoms with van der Waals surface area (Å²) in [6.45, 7) is 4.70. The van der Waals surface area contributed by atoms with Crippen LogP contribution in [0.4, 0.5) is 0 Å². The highest BCUT2D eigenvalue weighted by molar-refractivity contribution is 6.30. The Labute approximate surface area is 124 Å². The predicted molar refractivity (Wildman–Crippen MR) is 81.0 cm³/mol. The number of benzene rings is 2. The molecule has 1 heterocycles. The molecule has 3 heteroatoms. The van der Waals surface area contributed by atoms with E-state index < -0.39 is 0 Å². The van der Waals surface area contributed by atoms with Crippen LogP contribution in [0.3, 0.4) is 0 Å². The summed E-state index contributed by atoms with van der Waals surface area (Å²) >= 11 is 5.99. The lowest BCUT2D eigenvalue weighted by Gasteiger charge is -2.13. The molecular formula is C17H17ClO2. The van der Waals surface area contributed by atoms with E-state index in [0.717, 1.165) is 28.5 Å². The van der Waals surface area contributed by atoms with Crippen molar-refractivity contribution in [3.8, 4) is 11.5 Å². The Morgan fingerprint density at radius 2 is 1.90 bits per heavy atom. The monoisotopic (exact) mass is 288 g/mol. The topological polar surface area (TPSA) is 18.5 Å². The SMILES string of the molecule is Cc1cc(C)cc(OC[C@@H]2Cc3cc(Cl)ccc3O2)c1. The van der Waals surface area contributed by atoms with Gasteiger partial charge in [-0.25, -0.2) is 0 Å². The lowest BCUT2D eigenvalue weighted by molar-refractivity contribution is 0.148. The molecule has 0 spiro atoms. The van der Waals surface area contributed by atoms with Crippen LogP contribution in [0.15, 0.2) is 36.4 Å². The van der Waals surface area contributed by atoms with Gasteiger partial charge in [0, 0.05) is 11.4 Å². The van der Waals surface area contributed by atoms with Gasteiger partial charge in [-0.2, -0.15) is 0 Å². The van der Waals surface area contributed by atoms with E-state index in [2.05, 4.69) is 19.9 Å². The second-order valence-corrected chi connectivity index (χ2v) is 5.77. The first-order valence-corrected chi connectivity index (χ1v) is 7.14. The number of hydrogen-bond acceptors (Lipinski definition) is 2.